The summed E-state index contributed by atoms with van der Waals surface area (Å²) >= 11 is 0. The van der Waals surface area contributed by atoms with Crippen molar-refractivity contribution >= 4 is 6.09 Å². The van der Waals surface area contributed by atoms with Gasteiger partial charge >= 0.3 is 6.09 Å². The smallest absolute Gasteiger partial charge is 0.408 e. The van der Waals surface area contributed by atoms with Gasteiger partial charge in [-0.15, -0.1) is 6.42 Å². The highest BCUT2D eigenvalue weighted by atomic mass is 16.6. The second kappa shape index (κ2) is 4.57. The Kier molecular flexibility index (Phi) is 3.62. The molecule has 0 aliphatic heterocycles. The van der Waals surface area contributed by atoms with Crippen molar-refractivity contribution in [2.45, 2.75) is 51.7 Å². The van der Waals surface area contributed by atoms with E-state index in [0.29, 0.717) is 5.92 Å². The van der Waals surface area contributed by atoms with Gasteiger partial charge in [0.25, 0.3) is 0 Å². The summed E-state index contributed by atoms with van der Waals surface area (Å²) in [5.41, 5.74) is -0.469. The fraction of sp³-hybridized carbons (Fsp3) is 0.750. The van der Waals surface area contributed by atoms with Crippen molar-refractivity contribution in [3.8, 4) is 12.3 Å². The van der Waals surface area contributed by atoms with E-state index in [2.05, 4.69) is 11.2 Å². The third-order valence-electron chi connectivity index (χ3n) is 2.16. The number of carbonyl (C=O) groups is 1. The van der Waals surface area contributed by atoms with Crippen molar-refractivity contribution in [1.82, 2.24) is 5.32 Å². The molecule has 0 bridgehead atoms. The zero-order valence-corrected chi connectivity index (χ0v) is 9.67. The van der Waals surface area contributed by atoms with E-state index >= 15 is 0 Å². The maximum Gasteiger partial charge on any atom is 0.408 e. The lowest BCUT2D eigenvalue weighted by Crippen LogP contribution is -2.38. The van der Waals surface area contributed by atoms with Crippen molar-refractivity contribution < 1.29 is 9.53 Å². The molecule has 0 radical (unpaired) electrons. The Hall–Kier alpha value is -1.17. The first kappa shape index (κ1) is 11.9. The summed E-state index contributed by atoms with van der Waals surface area (Å²) in [6, 6.07) is -0.188. The van der Waals surface area contributed by atoms with Gasteiger partial charge < -0.3 is 10.1 Å². The van der Waals surface area contributed by atoms with E-state index < -0.39 is 11.7 Å². The summed E-state index contributed by atoms with van der Waals surface area (Å²) in [4.78, 5) is 11.4. The topological polar surface area (TPSA) is 38.3 Å². The number of amides is 1. The van der Waals surface area contributed by atoms with Gasteiger partial charge in [0.1, 0.15) is 5.60 Å². The first-order valence-electron chi connectivity index (χ1n) is 5.36. The summed E-state index contributed by atoms with van der Waals surface area (Å²) in [6.07, 6.45) is 8.25. The van der Waals surface area contributed by atoms with Gasteiger partial charge in [-0.1, -0.05) is 18.8 Å². The number of terminal acetylenes is 1. The van der Waals surface area contributed by atoms with Gasteiger partial charge in [-0.05, 0) is 33.1 Å². The standard InChI is InChI=1S/C12H19NO2/c1-5-10(8-9-6-7-9)13-11(14)15-12(2,3)4/h1,9-10H,6-8H2,2-4H3,(H,13,14). The zero-order chi connectivity index (χ0) is 11.5. The van der Waals surface area contributed by atoms with E-state index in [4.69, 9.17) is 11.2 Å². The van der Waals surface area contributed by atoms with Crippen LogP contribution in [0.15, 0.2) is 0 Å². The summed E-state index contributed by atoms with van der Waals surface area (Å²) in [7, 11) is 0. The second-order valence-electron chi connectivity index (χ2n) is 5.04. The average Bonchev–Trinajstić information content (AvgIpc) is 2.83. The number of ether oxygens (including phenoxy) is 1. The Morgan fingerprint density at radius 1 is 1.60 bits per heavy atom. The van der Waals surface area contributed by atoms with Crippen molar-refractivity contribution in [2.75, 3.05) is 0 Å². The number of hydrogen-bond donors (Lipinski definition) is 1. The monoisotopic (exact) mass is 209 g/mol. The molecular formula is C12H19NO2. The van der Waals surface area contributed by atoms with Crippen molar-refractivity contribution in [3.05, 3.63) is 0 Å². The number of alkyl carbamates (subject to hydrolysis) is 1. The first-order valence-corrected chi connectivity index (χ1v) is 5.36. The summed E-state index contributed by atoms with van der Waals surface area (Å²) < 4.78 is 5.13. The highest BCUT2D eigenvalue weighted by Gasteiger charge is 2.26. The Labute approximate surface area is 91.6 Å². The highest BCUT2D eigenvalue weighted by molar-refractivity contribution is 5.68. The molecule has 0 aromatic rings. The molecule has 0 aromatic carbocycles. The van der Waals surface area contributed by atoms with Gasteiger partial charge in [-0.25, -0.2) is 4.79 Å². The number of carbonyl (C=O) groups excluding carboxylic acids is 1. The van der Waals surface area contributed by atoms with E-state index in [1.54, 1.807) is 0 Å². The van der Waals surface area contributed by atoms with Crippen LogP contribution in [-0.4, -0.2) is 17.7 Å². The van der Waals surface area contributed by atoms with E-state index in [1.165, 1.54) is 12.8 Å². The van der Waals surface area contributed by atoms with Gasteiger partial charge in [0, 0.05) is 0 Å². The fourth-order valence-corrected chi connectivity index (χ4v) is 1.31. The lowest BCUT2D eigenvalue weighted by molar-refractivity contribution is 0.0513. The maximum absolute atomic E-state index is 11.4. The zero-order valence-electron chi connectivity index (χ0n) is 9.67. The van der Waals surface area contributed by atoms with Crippen LogP contribution in [0, 0.1) is 18.3 Å². The van der Waals surface area contributed by atoms with Crippen LogP contribution in [0.5, 0.6) is 0 Å². The molecule has 1 fully saturated rings. The van der Waals surface area contributed by atoms with Crippen LogP contribution < -0.4 is 5.32 Å². The van der Waals surface area contributed by atoms with Gasteiger partial charge in [-0.3, -0.25) is 0 Å². The molecular weight excluding hydrogens is 190 g/mol. The molecule has 0 spiro atoms. The molecule has 0 aromatic heterocycles. The Bertz CT molecular complexity index is 268. The number of nitrogens with one attached hydrogen (secondary N) is 1. The molecule has 1 rings (SSSR count). The van der Waals surface area contributed by atoms with Crippen molar-refractivity contribution in [3.63, 3.8) is 0 Å². The quantitative estimate of drug-likeness (QED) is 0.724. The summed E-state index contributed by atoms with van der Waals surface area (Å²) in [5, 5.41) is 2.70. The fourth-order valence-electron chi connectivity index (χ4n) is 1.31. The summed E-state index contributed by atoms with van der Waals surface area (Å²) in [6.45, 7) is 5.50. The molecule has 0 heterocycles. The van der Waals surface area contributed by atoms with E-state index in [-0.39, 0.29) is 6.04 Å². The van der Waals surface area contributed by atoms with Crippen molar-refractivity contribution in [2.24, 2.45) is 5.92 Å². The van der Waals surface area contributed by atoms with Gasteiger partial charge in [-0.2, -0.15) is 0 Å². The molecule has 1 saturated carbocycles. The SMILES string of the molecule is C#CC(CC1CC1)NC(=O)OC(C)(C)C. The third kappa shape index (κ3) is 5.31. The van der Waals surface area contributed by atoms with Gasteiger partial charge in [0.05, 0.1) is 6.04 Å². The van der Waals surface area contributed by atoms with E-state index in [9.17, 15) is 4.79 Å². The Morgan fingerprint density at radius 2 is 2.20 bits per heavy atom. The van der Waals surface area contributed by atoms with Crippen LogP contribution in [0.1, 0.15) is 40.0 Å². The molecule has 3 heteroatoms. The number of rotatable bonds is 3. The minimum absolute atomic E-state index is 0.188. The average molecular weight is 209 g/mol. The van der Waals surface area contributed by atoms with Gasteiger partial charge in [0.15, 0.2) is 0 Å². The maximum atomic E-state index is 11.4. The van der Waals surface area contributed by atoms with Crippen LogP contribution in [0.4, 0.5) is 4.79 Å². The van der Waals surface area contributed by atoms with Crippen LogP contribution in [-0.2, 0) is 4.74 Å². The molecule has 1 atom stereocenters. The Morgan fingerprint density at radius 3 is 2.60 bits per heavy atom. The van der Waals surface area contributed by atoms with Crippen molar-refractivity contribution in [1.29, 1.82) is 0 Å². The molecule has 84 valence electrons. The van der Waals surface area contributed by atoms with Gasteiger partial charge in [0.2, 0.25) is 0 Å². The molecule has 1 aliphatic carbocycles. The van der Waals surface area contributed by atoms with Crippen LogP contribution in [0.25, 0.3) is 0 Å². The molecule has 1 N–H and O–H groups in total. The molecule has 0 saturated heterocycles. The van der Waals surface area contributed by atoms with Crippen LogP contribution in [0.2, 0.25) is 0 Å². The predicted molar refractivity (Wildman–Crippen MR) is 59.3 cm³/mol. The number of hydrogen-bond acceptors (Lipinski definition) is 2. The summed E-state index contributed by atoms with van der Waals surface area (Å²) in [5.74, 6) is 3.27. The Balaban J connectivity index is 2.31. The highest BCUT2D eigenvalue weighted by Crippen LogP contribution is 2.33. The molecule has 15 heavy (non-hydrogen) atoms. The normalized spacial score (nSPS) is 17.7. The second-order valence-corrected chi connectivity index (χ2v) is 5.04. The van der Waals surface area contributed by atoms with E-state index in [1.807, 2.05) is 20.8 Å². The molecule has 3 nitrogen and oxygen atoms in total. The lowest BCUT2D eigenvalue weighted by atomic mass is 10.1. The molecule has 1 amide bonds. The van der Waals surface area contributed by atoms with Crippen LogP contribution >= 0.6 is 0 Å². The van der Waals surface area contributed by atoms with E-state index in [0.717, 1.165) is 6.42 Å². The minimum Gasteiger partial charge on any atom is -0.444 e. The van der Waals surface area contributed by atoms with Crippen LogP contribution in [0.3, 0.4) is 0 Å². The largest absolute Gasteiger partial charge is 0.444 e. The first-order chi connectivity index (χ1) is 6.90. The third-order valence-corrected chi connectivity index (χ3v) is 2.16. The minimum atomic E-state index is -0.469. The molecule has 1 aliphatic rings. The lowest BCUT2D eigenvalue weighted by Gasteiger charge is -2.21. The molecule has 1 unspecified atom stereocenters. The predicted octanol–water partition coefficient (Wildman–Crippen LogP) is 2.31.